The van der Waals surface area contributed by atoms with Gasteiger partial charge in [0.2, 0.25) is 17.6 Å². The second-order valence-electron chi connectivity index (χ2n) is 9.18. The number of aryl methyl sites for hydroxylation is 2. The number of hydrogen-bond acceptors (Lipinski definition) is 5. The van der Waals surface area contributed by atoms with Crippen LogP contribution in [0.2, 0.25) is 0 Å². The summed E-state index contributed by atoms with van der Waals surface area (Å²) in [5, 5.41) is 3.07. The molecule has 1 saturated heterocycles. The van der Waals surface area contributed by atoms with Crippen LogP contribution in [0, 0.1) is 12.3 Å². The van der Waals surface area contributed by atoms with Crippen molar-refractivity contribution in [1.82, 2.24) is 10.2 Å². The van der Waals surface area contributed by atoms with Gasteiger partial charge in [0.1, 0.15) is 0 Å². The first-order valence-electron chi connectivity index (χ1n) is 11.7. The molecule has 0 bridgehead atoms. The number of hydrogen-bond donors (Lipinski definition) is 1. The van der Waals surface area contributed by atoms with Gasteiger partial charge in [0.05, 0.1) is 26.7 Å². The van der Waals surface area contributed by atoms with Gasteiger partial charge in [-0.2, -0.15) is 0 Å². The number of carbonyl (C=O) groups is 2. The number of nitrogens with zero attached hydrogens (tertiary/aromatic N) is 1. The summed E-state index contributed by atoms with van der Waals surface area (Å²) in [7, 11) is 4.71. The number of carbonyl (C=O) groups excluding carboxylic acids is 2. The van der Waals surface area contributed by atoms with E-state index < -0.39 is 5.41 Å². The standard InChI is InChI=1S/C27H36N2O5/c1-19-7-9-20(10-8-19)17-28-26(31)27(2)13-6-14-29(18-27)24(30)12-11-21-15-22(32-3)25(34-5)23(16-21)33-4/h7-10,15-16H,6,11-14,17-18H2,1-5H3,(H,28,31)/t27-/m1/s1. The molecular weight excluding hydrogens is 432 g/mol. The van der Waals surface area contributed by atoms with Crippen LogP contribution in [0.4, 0.5) is 0 Å². The van der Waals surface area contributed by atoms with Crippen LogP contribution in [0.3, 0.4) is 0 Å². The molecule has 1 heterocycles. The van der Waals surface area contributed by atoms with Gasteiger partial charge >= 0.3 is 0 Å². The summed E-state index contributed by atoms with van der Waals surface area (Å²) in [5.41, 5.74) is 2.59. The third kappa shape index (κ3) is 6.01. The highest BCUT2D eigenvalue weighted by Crippen LogP contribution is 2.38. The van der Waals surface area contributed by atoms with E-state index in [1.165, 1.54) is 5.56 Å². The average Bonchev–Trinajstić information content (AvgIpc) is 2.85. The van der Waals surface area contributed by atoms with Crippen LogP contribution in [-0.4, -0.2) is 51.1 Å². The second kappa shape index (κ2) is 11.3. The maximum absolute atomic E-state index is 13.0. The van der Waals surface area contributed by atoms with E-state index in [-0.39, 0.29) is 11.8 Å². The first-order valence-corrected chi connectivity index (χ1v) is 11.7. The topological polar surface area (TPSA) is 77.1 Å². The Balaban J connectivity index is 1.59. The fourth-order valence-electron chi connectivity index (χ4n) is 4.43. The first kappa shape index (κ1) is 25.4. The number of piperidine rings is 1. The molecule has 1 atom stereocenters. The Bertz CT molecular complexity index is 980. The summed E-state index contributed by atoms with van der Waals surface area (Å²) in [6.07, 6.45) is 2.47. The smallest absolute Gasteiger partial charge is 0.227 e. The minimum absolute atomic E-state index is 0.00444. The molecule has 0 spiro atoms. The maximum Gasteiger partial charge on any atom is 0.227 e. The number of ether oxygens (including phenoxy) is 3. The van der Waals surface area contributed by atoms with Crippen LogP contribution >= 0.6 is 0 Å². The van der Waals surface area contributed by atoms with Gasteiger partial charge in [0.15, 0.2) is 11.5 Å². The van der Waals surface area contributed by atoms with E-state index in [4.69, 9.17) is 14.2 Å². The van der Waals surface area contributed by atoms with Crippen LogP contribution < -0.4 is 19.5 Å². The van der Waals surface area contributed by atoms with Crippen molar-refractivity contribution in [3.63, 3.8) is 0 Å². The van der Waals surface area contributed by atoms with E-state index in [0.717, 1.165) is 24.0 Å². The molecule has 0 aromatic heterocycles. The molecule has 7 nitrogen and oxygen atoms in total. The SMILES string of the molecule is COc1cc(CCC(=O)N2CCC[C@@](C)(C(=O)NCc3ccc(C)cc3)C2)cc(OC)c1OC. The van der Waals surface area contributed by atoms with Crippen molar-refractivity contribution in [1.29, 1.82) is 0 Å². The largest absolute Gasteiger partial charge is 0.493 e. The average molecular weight is 469 g/mol. The fraction of sp³-hybridized carbons (Fsp3) is 0.481. The first-order chi connectivity index (χ1) is 16.3. The molecule has 184 valence electrons. The second-order valence-corrected chi connectivity index (χ2v) is 9.18. The Morgan fingerprint density at radius 2 is 1.65 bits per heavy atom. The molecule has 1 aliphatic heterocycles. The number of rotatable bonds is 9. The monoisotopic (exact) mass is 468 g/mol. The number of benzene rings is 2. The molecule has 0 radical (unpaired) electrons. The Kier molecular flexibility index (Phi) is 8.42. The van der Waals surface area contributed by atoms with E-state index >= 15 is 0 Å². The molecule has 1 fully saturated rings. The van der Waals surface area contributed by atoms with Crippen molar-refractivity contribution in [2.24, 2.45) is 5.41 Å². The predicted molar refractivity (Wildman–Crippen MR) is 131 cm³/mol. The number of methoxy groups -OCH3 is 3. The molecule has 3 rings (SSSR count). The van der Waals surface area contributed by atoms with Gasteiger partial charge in [-0.3, -0.25) is 9.59 Å². The third-order valence-electron chi connectivity index (χ3n) is 6.52. The van der Waals surface area contributed by atoms with Gasteiger partial charge < -0.3 is 24.4 Å². The lowest BCUT2D eigenvalue weighted by Gasteiger charge is -2.39. The third-order valence-corrected chi connectivity index (χ3v) is 6.52. The maximum atomic E-state index is 13.0. The lowest BCUT2D eigenvalue weighted by molar-refractivity contribution is -0.140. The fourth-order valence-corrected chi connectivity index (χ4v) is 4.43. The molecule has 2 aromatic rings. The summed E-state index contributed by atoms with van der Waals surface area (Å²) in [5.74, 6) is 1.71. The lowest BCUT2D eigenvalue weighted by atomic mass is 9.80. The molecule has 0 unspecified atom stereocenters. The zero-order valence-electron chi connectivity index (χ0n) is 20.9. The van der Waals surface area contributed by atoms with E-state index in [1.807, 2.05) is 55.1 Å². The summed E-state index contributed by atoms with van der Waals surface area (Å²) < 4.78 is 16.2. The van der Waals surface area contributed by atoms with Gasteiger partial charge in [-0.05, 0) is 56.4 Å². The molecule has 0 saturated carbocycles. The molecule has 1 N–H and O–H groups in total. The van der Waals surface area contributed by atoms with Gasteiger partial charge in [0, 0.05) is 26.1 Å². The molecule has 2 aromatic carbocycles. The summed E-state index contributed by atoms with van der Waals surface area (Å²) >= 11 is 0. The zero-order chi connectivity index (χ0) is 24.7. The Labute approximate surface area is 202 Å². The van der Waals surface area contributed by atoms with Gasteiger partial charge in [-0.25, -0.2) is 0 Å². The van der Waals surface area contributed by atoms with E-state index in [0.29, 0.717) is 49.7 Å². The van der Waals surface area contributed by atoms with Crippen LogP contribution in [0.15, 0.2) is 36.4 Å². The zero-order valence-corrected chi connectivity index (χ0v) is 20.9. The Hall–Kier alpha value is -3.22. The summed E-state index contributed by atoms with van der Waals surface area (Å²) in [6.45, 7) is 5.59. The van der Waals surface area contributed by atoms with E-state index in [2.05, 4.69) is 5.32 Å². The minimum atomic E-state index is -0.592. The molecular formula is C27H36N2O5. The predicted octanol–water partition coefficient (Wildman–Crippen LogP) is 3.90. The van der Waals surface area contributed by atoms with Gasteiger partial charge in [-0.15, -0.1) is 0 Å². The van der Waals surface area contributed by atoms with E-state index in [9.17, 15) is 9.59 Å². The van der Waals surface area contributed by atoms with Crippen LogP contribution in [0.5, 0.6) is 17.2 Å². The molecule has 7 heteroatoms. The van der Waals surface area contributed by atoms with Crippen molar-refractivity contribution in [2.75, 3.05) is 34.4 Å². The highest BCUT2D eigenvalue weighted by Gasteiger charge is 2.39. The van der Waals surface area contributed by atoms with Crippen LogP contribution in [0.1, 0.15) is 42.9 Å². The van der Waals surface area contributed by atoms with Crippen molar-refractivity contribution >= 4 is 11.8 Å². The Morgan fingerprint density at radius 1 is 1.00 bits per heavy atom. The van der Waals surface area contributed by atoms with Gasteiger partial charge in [-0.1, -0.05) is 29.8 Å². The van der Waals surface area contributed by atoms with E-state index in [1.54, 1.807) is 21.3 Å². The number of nitrogens with one attached hydrogen (secondary N) is 1. The summed E-state index contributed by atoms with van der Waals surface area (Å²) in [4.78, 5) is 27.9. The quantitative estimate of drug-likeness (QED) is 0.604. The highest BCUT2D eigenvalue weighted by molar-refractivity contribution is 5.84. The van der Waals surface area contributed by atoms with Crippen molar-refractivity contribution in [3.8, 4) is 17.2 Å². The van der Waals surface area contributed by atoms with Crippen LogP contribution in [0.25, 0.3) is 0 Å². The summed E-state index contributed by atoms with van der Waals surface area (Å²) in [6, 6.07) is 11.9. The van der Waals surface area contributed by atoms with Crippen molar-refractivity contribution in [2.45, 2.75) is 46.1 Å². The lowest BCUT2D eigenvalue weighted by Crippen LogP contribution is -2.51. The van der Waals surface area contributed by atoms with Crippen molar-refractivity contribution in [3.05, 3.63) is 53.1 Å². The molecule has 1 aliphatic rings. The molecule has 0 aliphatic carbocycles. The molecule has 2 amide bonds. The Morgan fingerprint density at radius 3 is 2.24 bits per heavy atom. The highest BCUT2D eigenvalue weighted by atomic mass is 16.5. The normalized spacial score (nSPS) is 17.7. The van der Waals surface area contributed by atoms with Crippen LogP contribution in [-0.2, 0) is 22.6 Å². The van der Waals surface area contributed by atoms with Gasteiger partial charge in [0.25, 0.3) is 0 Å². The number of amides is 2. The van der Waals surface area contributed by atoms with Crippen molar-refractivity contribution < 1.29 is 23.8 Å². The number of likely N-dealkylation sites (tertiary alicyclic amines) is 1. The minimum Gasteiger partial charge on any atom is -0.493 e. The molecule has 34 heavy (non-hydrogen) atoms.